The van der Waals surface area contributed by atoms with Gasteiger partial charge in [0.1, 0.15) is 5.83 Å². The van der Waals surface area contributed by atoms with Gasteiger partial charge in [-0.2, -0.15) is 0 Å². The quantitative estimate of drug-likeness (QED) is 0.480. The summed E-state index contributed by atoms with van der Waals surface area (Å²) in [5, 5.41) is 0. The second-order valence-corrected chi connectivity index (χ2v) is 6.10. The molecule has 0 aliphatic heterocycles. The highest BCUT2D eigenvalue weighted by Gasteiger charge is 2.33. The van der Waals surface area contributed by atoms with Crippen molar-refractivity contribution in [2.45, 2.75) is 57.7 Å². The maximum absolute atomic E-state index is 14.6. The van der Waals surface area contributed by atoms with Gasteiger partial charge in [0.2, 0.25) is 5.85 Å². The molecule has 1 aliphatic carbocycles. The molecule has 0 N–H and O–H groups in total. The van der Waals surface area contributed by atoms with Crippen LogP contribution in [0.15, 0.2) is 48.3 Å². The van der Waals surface area contributed by atoms with E-state index in [1.54, 1.807) is 0 Å². The summed E-state index contributed by atoms with van der Waals surface area (Å²) in [6, 6.07) is 9.20. The van der Waals surface area contributed by atoms with Gasteiger partial charge in [-0.15, -0.1) is 0 Å². The van der Waals surface area contributed by atoms with E-state index in [0.717, 1.165) is 24.8 Å². The molecule has 0 aromatic heterocycles. The zero-order valence-corrected chi connectivity index (χ0v) is 13.9. The molecular weight excluding hydrogens is 294 g/mol. The lowest BCUT2D eigenvalue weighted by Crippen LogP contribution is -2.27. The Morgan fingerprint density at radius 1 is 1.04 bits per heavy atom. The van der Waals surface area contributed by atoms with Crippen molar-refractivity contribution in [1.29, 1.82) is 0 Å². The Balaban J connectivity index is 1.80. The molecule has 2 rings (SSSR count). The number of allylic oxidation sites excluding steroid dienone is 2. The number of unbranched alkanes of at least 4 members (excludes halogenated alkanes) is 5. The average molecular weight is 320 g/mol. The number of halogens is 2. The Morgan fingerprint density at radius 3 is 2.43 bits per heavy atom. The minimum absolute atomic E-state index is 0.334. The normalized spacial score (nSPS) is 21.0. The molecule has 0 amide bonds. The highest BCUT2D eigenvalue weighted by molar-refractivity contribution is 5.76. The van der Waals surface area contributed by atoms with Crippen LogP contribution in [0, 0.1) is 0 Å². The molecule has 0 bridgehead atoms. The number of hydrogen-bond acceptors (Lipinski definition) is 1. The molecule has 1 nitrogen and oxygen atoms in total. The van der Waals surface area contributed by atoms with Gasteiger partial charge >= 0.3 is 0 Å². The van der Waals surface area contributed by atoms with Gasteiger partial charge in [0.05, 0.1) is 13.0 Å². The average Bonchev–Trinajstić information content (AvgIpc) is 2.55. The van der Waals surface area contributed by atoms with Crippen LogP contribution in [0.1, 0.15) is 57.4 Å². The van der Waals surface area contributed by atoms with E-state index in [4.69, 9.17) is 4.74 Å². The van der Waals surface area contributed by atoms with Crippen LogP contribution in [0.2, 0.25) is 0 Å². The molecule has 0 radical (unpaired) electrons. The molecule has 0 saturated carbocycles. The molecule has 0 heterocycles. The van der Waals surface area contributed by atoms with E-state index in [9.17, 15) is 8.78 Å². The van der Waals surface area contributed by atoms with Crippen molar-refractivity contribution in [1.82, 2.24) is 0 Å². The van der Waals surface area contributed by atoms with E-state index in [-0.39, 0.29) is 6.42 Å². The zero-order chi connectivity index (χ0) is 16.5. The van der Waals surface area contributed by atoms with Crippen molar-refractivity contribution >= 4 is 5.57 Å². The van der Waals surface area contributed by atoms with Crippen LogP contribution < -0.4 is 0 Å². The molecule has 1 atom stereocenters. The Morgan fingerprint density at radius 2 is 1.74 bits per heavy atom. The summed E-state index contributed by atoms with van der Waals surface area (Å²) in [4.78, 5) is 0. The molecule has 0 spiro atoms. The van der Waals surface area contributed by atoms with Gasteiger partial charge in [-0.1, -0.05) is 75.4 Å². The number of ether oxygens (including phenoxy) is 1. The highest BCUT2D eigenvalue weighted by Crippen LogP contribution is 2.36. The molecule has 1 aliphatic rings. The third kappa shape index (κ3) is 5.58. The third-order valence-electron chi connectivity index (χ3n) is 4.11. The summed E-state index contributed by atoms with van der Waals surface area (Å²) in [6.45, 7) is 2.51. The van der Waals surface area contributed by atoms with E-state index in [0.29, 0.717) is 12.2 Å². The van der Waals surface area contributed by atoms with Crippen molar-refractivity contribution < 1.29 is 13.5 Å². The van der Waals surface area contributed by atoms with Crippen LogP contribution in [-0.4, -0.2) is 12.5 Å². The smallest absolute Gasteiger partial charge is 0.235 e. The van der Waals surface area contributed by atoms with Crippen LogP contribution in [0.3, 0.4) is 0 Å². The molecule has 1 aromatic carbocycles. The van der Waals surface area contributed by atoms with Gasteiger partial charge in [-0.3, -0.25) is 0 Å². The SMILES string of the molecule is CCCCCCCCOC1(F)C=CC(c2ccccc2)=C(F)C1. The van der Waals surface area contributed by atoms with Gasteiger partial charge < -0.3 is 4.74 Å². The largest absolute Gasteiger partial charge is 0.342 e. The van der Waals surface area contributed by atoms with E-state index in [1.807, 2.05) is 30.3 Å². The summed E-state index contributed by atoms with van der Waals surface area (Å²) < 4.78 is 34.1. The van der Waals surface area contributed by atoms with Crippen molar-refractivity contribution in [2.75, 3.05) is 6.61 Å². The molecule has 1 aromatic rings. The Bertz CT molecular complexity index is 536. The topological polar surface area (TPSA) is 9.23 Å². The lowest BCUT2D eigenvalue weighted by atomic mass is 9.96. The Hall–Kier alpha value is -1.48. The van der Waals surface area contributed by atoms with E-state index >= 15 is 0 Å². The van der Waals surface area contributed by atoms with Gasteiger partial charge in [-0.25, -0.2) is 8.78 Å². The number of alkyl halides is 1. The van der Waals surface area contributed by atoms with Crippen molar-refractivity contribution in [3.8, 4) is 0 Å². The van der Waals surface area contributed by atoms with Crippen molar-refractivity contribution in [3.63, 3.8) is 0 Å². The number of benzene rings is 1. The molecule has 0 saturated heterocycles. The Labute approximate surface area is 138 Å². The predicted octanol–water partition coefficient (Wildman–Crippen LogP) is 6.37. The maximum atomic E-state index is 14.6. The standard InChI is InChI=1S/C20H26F2O/c1-2-3-4-5-6-10-15-23-20(22)14-13-18(19(21)16-20)17-11-8-7-9-12-17/h7-9,11-14H,2-6,10,15-16H2,1H3. The molecule has 23 heavy (non-hydrogen) atoms. The minimum atomic E-state index is -2.01. The van der Waals surface area contributed by atoms with Gasteiger partial charge in [0, 0.05) is 5.57 Å². The lowest BCUT2D eigenvalue weighted by Gasteiger charge is -2.25. The monoisotopic (exact) mass is 320 g/mol. The summed E-state index contributed by atoms with van der Waals surface area (Å²) >= 11 is 0. The van der Waals surface area contributed by atoms with E-state index in [2.05, 4.69) is 6.92 Å². The summed E-state index contributed by atoms with van der Waals surface area (Å²) in [5.74, 6) is -2.46. The fourth-order valence-electron chi connectivity index (χ4n) is 2.76. The lowest BCUT2D eigenvalue weighted by molar-refractivity contribution is -0.109. The summed E-state index contributed by atoms with van der Waals surface area (Å²) in [6.07, 6.45) is 9.18. The fraction of sp³-hybridized carbons (Fsp3) is 0.500. The zero-order valence-electron chi connectivity index (χ0n) is 13.9. The van der Waals surface area contributed by atoms with Gasteiger partial charge in [0.15, 0.2) is 0 Å². The first kappa shape index (κ1) is 17.9. The highest BCUT2D eigenvalue weighted by atomic mass is 19.2. The number of hydrogen-bond donors (Lipinski definition) is 0. The molecule has 1 unspecified atom stereocenters. The van der Waals surface area contributed by atoms with Crippen LogP contribution in [0.5, 0.6) is 0 Å². The third-order valence-corrected chi connectivity index (χ3v) is 4.11. The van der Waals surface area contributed by atoms with E-state index in [1.165, 1.54) is 31.4 Å². The van der Waals surface area contributed by atoms with Crippen LogP contribution in [0.4, 0.5) is 8.78 Å². The maximum Gasteiger partial charge on any atom is 0.235 e. The molecule has 3 heteroatoms. The number of rotatable bonds is 9. The van der Waals surface area contributed by atoms with Crippen molar-refractivity contribution in [3.05, 3.63) is 53.9 Å². The first-order valence-corrected chi connectivity index (χ1v) is 8.61. The first-order chi connectivity index (χ1) is 11.1. The van der Waals surface area contributed by atoms with Crippen LogP contribution in [0.25, 0.3) is 5.57 Å². The predicted molar refractivity (Wildman–Crippen MR) is 91.4 cm³/mol. The van der Waals surface area contributed by atoms with Gasteiger partial charge in [-0.05, 0) is 18.1 Å². The first-order valence-electron chi connectivity index (χ1n) is 8.61. The Kier molecular flexibility index (Phi) is 6.97. The van der Waals surface area contributed by atoms with Crippen molar-refractivity contribution in [2.24, 2.45) is 0 Å². The second-order valence-electron chi connectivity index (χ2n) is 6.10. The summed E-state index contributed by atoms with van der Waals surface area (Å²) in [7, 11) is 0. The second kappa shape index (κ2) is 8.97. The molecule has 126 valence electrons. The van der Waals surface area contributed by atoms with Crippen LogP contribution >= 0.6 is 0 Å². The molecular formula is C20H26F2O. The molecule has 0 fully saturated rings. The van der Waals surface area contributed by atoms with Crippen LogP contribution in [-0.2, 0) is 4.74 Å². The minimum Gasteiger partial charge on any atom is -0.342 e. The van der Waals surface area contributed by atoms with E-state index < -0.39 is 11.7 Å². The fourth-order valence-corrected chi connectivity index (χ4v) is 2.76. The summed E-state index contributed by atoms with van der Waals surface area (Å²) in [5.41, 5.74) is 1.21. The van der Waals surface area contributed by atoms with Gasteiger partial charge in [0.25, 0.3) is 0 Å².